The molecule has 1 aromatic heterocycles. The molecule has 3 heteroatoms. The van der Waals surface area contributed by atoms with Gasteiger partial charge in [-0.2, -0.15) is 0 Å². The second-order valence-corrected chi connectivity index (χ2v) is 6.86. The average Bonchev–Trinajstić information content (AvgIpc) is 2.95. The predicted molar refractivity (Wildman–Crippen MR) is 104 cm³/mol. The fraction of sp³-hybridized carbons (Fsp3) is 0.190. The molecule has 0 atom stereocenters. The summed E-state index contributed by atoms with van der Waals surface area (Å²) in [6.45, 7) is 11.0. The summed E-state index contributed by atoms with van der Waals surface area (Å²) in [6.07, 6.45) is 1.92. The number of aryl methyl sites for hydroxylation is 3. The van der Waals surface area contributed by atoms with Gasteiger partial charge in [-0.25, -0.2) is 4.99 Å². The van der Waals surface area contributed by atoms with E-state index in [1.54, 1.807) is 11.3 Å². The Balaban J connectivity index is 2.19. The molecule has 122 valence electrons. The van der Waals surface area contributed by atoms with Crippen LogP contribution < -0.4 is 4.80 Å². The van der Waals surface area contributed by atoms with Crippen LogP contribution in [0.3, 0.4) is 0 Å². The van der Waals surface area contributed by atoms with Crippen LogP contribution >= 0.6 is 11.3 Å². The molecule has 2 aromatic carbocycles. The van der Waals surface area contributed by atoms with E-state index >= 15 is 0 Å². The van der Waals surface area contributed by atoms with Gasteiger partial charge >= 0.3 is 0 Å². The molecule has 24 heavy (non-hydrogen) atoms. The number of thiazole rings is 1. The van der Waals surface area contributed by atoms with Gasteiger partial charge in [-0.05, 0) is 37.5 Å². The zero-order valence-electron chi connectivity index (χ0n) is 14.4. The summed E-state index contributed by atoms with van der Waals surface area (Å²) in [5.41, 5.74) is 7.16. The van der Waals surface area contributed by atoms with E-state index in [0.29, 0.717) is 0 Å². The number of hydrogen-bond acceptors (Lipinski definition) is 2. The van der Waals surface area contributed by atoms with E-state index in [0.717, 1.165) is 17.0 Å². The van der Waals surface area contributed by atoms with Gasteiger partial charge in [0.15, 0.2) is 4.80 Å². The van der Waals surface area contributed by atoms with Crippen molar-refractivity contribution in [2.45, 2.75) is 27.3 Å². The van der Waals surface area contributed by atoms with Gasteiger partial charge in [0.2, 0.25) is 0 Å². The third-order valence-corrected chi connectivity index (χ3v) is 4.89. The number of nitrogens with zero attached hydrogens (tertiary/aromatic N) is 2. The average molecular weight is 334 g/mol. The van der Waals surface area contributed by atoms with E-state index in [1.165, 1.54) is 27.9 Å². The lowest BCUT2D eigenvalue weighted by atomic mass is 10.1. The molecule has 0 unspecified atom stereocenters. The van der Waals surface area contributed by atoms with Gasteiger partial charge in [-0.15, -0.1) is 17.9 Å². The molecule has 3 rings (SSSR count). The number of allylic oxidation sites excluding steroid dienone is 1. The monoisotopic (exact) mass is 334 g/mol. The van der Waals surface area contributed by atoms with Crippen LogP contribution in [-0.2, 0) is 6.54 Å². The number of aromatic nitrogens is 1. The van der Waals surface area contributed by atoms with Crippen molar-refractivity contribution in [1.82, 2.24) is 4.57 Å². The molecule has 0 N–H and O–H groups in total. The Morgan fingerprint density at radius 3 is 2.38 bits per heavy atom. The molecule has 0 saturated carbocycles. The normalized spacial score (nSPS) is 11.7. The first-order valence-electron chi connectivity index (χ1n) is 8.07. The summed E-state index contributed by atoms with van der Waals surface area (Å²) in [5.74, 6) is 0. The van der Waals surface area contributed by atoms with Crippen LogP contribution in [0.25, 0.3) is 11.3 Å². The molecule has 1 heterocycles. The fourth-order valence-electron chi connectivity index (χ4n) is 3.01. The van der Waals surface area contributed by atoms with Crippen molar-refractivity contribution in [2.24, 2.45) is 4.99 Å². The van der Waals surface area contributed by atoms with Crippen molar-refractivity contribution in [3.63, 3.8) is 0 Å². The minimum absolute atomic E-state index is 0.747. The first kappa shape index (κ1) is 16.5. The molecular formula is C21H22N2S. The molecule has 3 aromatic rings. The molecule has 0 saturated heterocycles. The molecule has 0 aliphatic heterocycles. The number of hydrogen-bond donors (Lipinski definition) is 0. The molecule has 0 fully saturated rings. The predicted octanol–water partition coefficient (Wildman–Crippen LogP) is 5.56. The minimum atomic E-state index is 0.747. The Labute approximate surface area is 147 Å². The maximum atomic E-state index is 4.98. The molecule has 0 bridgehead atoms. The molecule has 0 radical (unpaired) electrons. The lowest BCUT2D eigenvalue weighted by Gasteiger charge is -2.08. The fourth-order valence-corrected chi connectivity index (χ4v) is 3.93. The SMILES string of the molecule is C=CCn1c(-c2ccccc2)csc1=Nc1c(C)cc(C)cc1C. The molecule has 0 aliphatic carbocycles. The largest absolute Gasteiger partial charge is 0.313 e. The third-order valence-electron chi connectivity index (χ3n) is 4.02. The number of rotatable bonds is 4. The zero-order chi connectivity index (χ0) is 17.1. The lowest BCUT2D eigenvalue weighted by molar-refractivity contribution is 0.800. The Bertz CT molecular complexity index is 907. The molecule has 0 aliphatic rings. The quantitative estimate of drug-likeness (QED) is 0.556. The van der Waals surface area contributed by atoms with E-state index in [-0.39, 0.29) is 0 Å². The molecule has 0 spiro atoms. The Kier molecular flexibility index (Phi) is 4.81. The standard InChI is InChI=1S/C21H22N2S/c1-5-11-23-19(18-9-7-6-8-10-18)14-24-21(23)22-20-16(3)12-15(2)13-17(20)4/h5-10,12-14H,1,11H2,2-4H3. The zero-order valence-corrected chi connectivity index (χ0v) is 15.2. The van der Waals surface area contributed by atoms with Gasteiger partial charge in [0.25, 0.3) is 0 Å². The van der Waals surface area contributed by atoms with E-state index < -0.39 is 0 Å². The van der Waals surface area contributed by atoms with Crippen molar-refractivity contribution in [1.29, 1.82) is 0 Å². The van der Waals surface area contributed by atoms with Crippen LogP contribution in [0.1, 0.15) is 16.7 Å². The summed E-state index contributed by atoms with van der Waals surface area (Å²) in [5, 5.41) is 2.18. The smallest absolute Gasteiger partial charge is 0.190 e. The third kappa shape index (κ3) is 3.26. The van der Waals surface area contributed by atoms with Gasteiger partial charge in [-0.3, -0.25) is 0 Å². The van der Waals surface area contributed by atoms with Gasteiger partial charge in [0.1, 0.15) is 0 Å². The lowest BCUT2D eigenvalue weighted by Crippen LogP contribution is -2.15. The summed E-state index contributed by atoms with van der Waals surface area (Å²) >= 11 is 1.68. The Morgan fingerprint density at radius 1 is 1.08 bits per heavy atom. The highest BCUT2D eigenvalue weighted by molar-refractivity contribution is 7.07. The summed E-state index contributed by atoms with van der Waals surface area (Å²) in [4.78, 5) is 5.98. The van der Waals surface area contributed by atoms with Crippen LogP contribution in [-0.4, -0.2) is 4.57 Å². The van der Waals surface area contributed by atoms with Gasteiger partial charge in [-0.1, -0.05) is 54.1 Å². The minimum Gasteiger partial charge on any atom is -0.313 e. The van der Waals surface area contributed by atoms with E-state index in [2.05, 4.69) is 73.7 Å². The van der Waals surface area contributed by atoms with Crippen LogP contribution in [0.2, 0.25) is 0 Å². The van der Waals surface area contributed by atoms with Crippen molar-refractivity contribution in [2.75, 3.05) is 0 Å². The second kappa shape index (κ2) is 7.02. The first-order valence-corrected chi connectivity index (χ1v) is 8.95. The van der Waals surface area contributed by atoms with Gasteiger partial charge in [0, 0.05) is 11.9 Å². The highest BCUT2D eigenvalue weighted by atomic mass is 32.1. The maximum Gasteiger partial charge on any atom is 0.190 e. The molecule has 2 nitrogen and oxygen atoms in total. The van der Waals surface area contributed by atoms with E-state index in [4.69, 9.17) is 4.99 Å². The van der Waals surface area contributed by atoms with Gasteiger partial charge < -0.3 is 4.57 Å². The van der Waals surface area contributed by atoms with E-state index in [1.807, 2.05) is 12.1 Å². The van der Waals surface area contributed by atoms with Gasteiger partial charge in [0.05, 0.1) is 11.4 Å². The molecule has 0 amide bonds. The van der Waals surface area contributed by atoms with E-state index in [9.17, 15) is 0 Å². The van der Waals surface area contributed by atoms with Crippen LogP contribution in [0, 0.1) is 20.8 Å². The summed E-state index contributed by atoms with van der Waals surface area (Å²) in [7, 11) is 0. The highest BCUT2D eigenvalue weighted by Crippen LogP contribution is 2.25. The molecular weight excluding hydrogens is 312 g/mol. The van der Waals surface area contributed by atoms with Crippen LogP contribution in [0.5, 0.6) is 0 Å². The van der Waals surface area contributed by atoms with Crippen molar-refractivity contribution in [3.8, 4) is 11.3 Å². The topological polar surface area (TPSA) is 17.3 Å². The van der Waals surface area contributed by atoms with Crippen LogP contribution in [0.15, 0.2) is 65.5 Å². The second-order valence-electron chi connectivity index (χ2n) is 6.03. The van der Waals surface area contributed by atoms with Crippen molar-refractivity contribution in [3.05, 3.63) is 82.0 Å². The maximum absolute atomic E-state index is 4.98. The highest BCUT2D eigenvalue weighted by Gasteiger charge is 2.08. The number of benzene rings is 2. The Hall–Kier alpha value is -2.39. The Morgan fingerprint density at radius 2 is 1.75 bits per heavy atom. The first-order chi connectivity index (χ1) is 11.6. The van der Waals surface area contributed by atoms with Crippen LogP contribution in [0.4, 0.5) is 5.69 Å². The summed E-state index contributed by atoms with van der Waals surface area (Å²) in [6, 6.07) is 14.8. The summed E-state index contributed by atoms with van der Waals surface area (Å²) < 4.78 is 2.23. The van der Waals surface area contributed by atoms with Crippen molar-refractivity contribution < 1.29 is 0 Å². The van der Waals surface area contributed by atoms with Crippen molar-refractivity contribution >= 4 is 17.0 Å².